The Hall–Kier alpha value is -3.88. The van der Waals surface area contributed by atoms with Crippen molar-refractivity contribution >= 4 is 17.3 Å². The molecule has 3 aromatic rings. The van der Waals surface area contributed by atoms with Crippen LogP contribution in [0.4, 0.5) is 11.4 Å². The van der Waals surface area contributed by atoms with Gasteiger partial charge in [-0.25, -0.2) is 4.98 Å². The number of carbonyl (C=O) groups excluding carboxylic acids is 1. The summed E-state index contributed by atoms with van der Waals surface area (Å²) in [6, 6.07) is 13.3. The van der Waals surface area contributed by atoms with Gasteiger partial charge >= 0.3 is 0 Å². The molecule has 1 unspecified atom stereocenters. The highest BCUT2D eigenvalue weighted by molar-refractivity contribution is 5.77. The molecular weight excluding hydrogens is 386 g/mol. The molecule has 3 rings (SSSR count). The molecule has 1 aromatic heterocycles. The van der Waals surface area contributed by atoms with Crippen LogP contribution in [-0.4, -0.2) is 34.0 Å². The van der Waals surface area contributed by atoms with Gasteiger partial charge in [-0.1, -0.05) is 30.3 Å². The van der Waals surface area contributed by atoms with E-state index >= 15 is 0 Å². The van der Waals surface area contributed by atoms with Crippen molar-refractivity contribution in [1.29, 1.82) is 0 Å². The van der Waals surface area contributed by atoms with Crippen molar-refractivity contribution < 1.29 is 14.5 Å². The SMILES string of the molecule is COc1ccccc1C(NC(=O)CCNc1ccccc1[N+](=O)[O-])c1nccn1C. The Balaban J connectivity index is 1.72. The van der Waals surface area contributed by atoms with E-state index in [1.165, 1.54) is 6.07 Å². The largest absolute Gasteiger partial charge is 0.496 e. The second kappa shape index (κ2) is 9.55. The summed E-state index contributed by atoms with van der Waals surface area (Å²) in [5, 5.41) is 17.1. The number of hydrogen-bond donors (Lipinski definition) is 2. The number of imidazole rings is 1. The average Bonchev–Trinajstić information content (AvgIpc) is 3.18. The minimum atomic E-state index is -0.500. The highest BCUT2D eigenvalue weighted by atomic mass is 16.6. The molecule has 1 heterocycles. The maximum Gasteiger partial charge on any atom is 0.292 e. The maximum absolute atomic E-state index is 12.7. The third-order valence-electron chi connectivity index (χ3n) is 4.64. The molecule has 9 nitrogen and oxygen atoms in total. The molecule has 2 aromatic carbocycles. The van der Waals surface area contributed by atoms with Crippen molar-refractivity contribution in [3.63, 3.8) is 0 Å². The van der Waals surface area contributed by atoms with Crippen molar-refractivity contribution in [1.82, 2.24) is 14.9 Å². The molecule has 30 heavy (non-hydrogen) atoms. The zero-order valence-electron chi connectivity index (χ0n) is 16.7. The van der Waals surface area contributed by atoms with Crippen molar-refractivity contribution in [3.05, 3.63) is 82.4 Å². The normalized spacial score (nSPS) is 11.5. The summed E-state index contributed by atoms with van der Waals surface area (Å²) in [6.07, 6.45) is 3.60. The lowest BCUT2D eigenvalue weighted by Crippen LogP contribution is -2.32. The van der Waals surface area contributed by atoms with Gasteiger partial charge in [-0.15, -0.1) is 0 Å². The lowest BCUT2D eigenvalue weighted by atomic mass is 10.0. The number of para-hydroxylation sites is 3. The summed E-state index contributed by atoms with van der Waals surface area (Å²) in [6.45, 7) is 0.246. The predicted molar refractivity (Wildman–Crippen MR) is 112 cm³/mol. The number of nitrogens with one attached hydrogen (secondary N) is 2. The fraction of sp³-hybridized carbons (Fsp3) is 0.238. The number of nitro benzene ring substituents is 1. The predicted octanol–water partition coefficient (Wildman–Crippen LogP) is 3.04. The first-order valence-electron chi connectivity index (χ1n) is 9.38. The number of aryl methyl sites for hydroxylation is 1. The van der Waals surface area contributed by atoms with E-state index in [1.807, 2.05) is 35.9 Å². The summed E-state index contributed by atoms with van der Waals surface area (Å²) in [5.74, 6) is 1.09. The molecule has 0 aliphatic carbocycles. The van der Waals surface area contributed by atoms with Gasteiger partial charge in [0.25, 0.3) is 5.69 Å². The zero-order valence-corrected chi connectivity index (χ0v) is 16.7. The fourth-order valence-electron chi connectivity index (χ4n) is 3.17. The lowest BCUT2D eigenvalue weighted by Gasteiger charge is -2.21. The summed E-state index contributed by atoms with van der Waals surface area (Å²) < 4.78 is 7.29. The first-order valence-corrected chi connectivity index (χ1v) is 9.38. The number of nitro groups is 1. The smallest absolute Gasteiger partial charge is 0.292 e. The van der Waals surface area contributed by atoms with Crippen LogP contribution in [0.15, 0.2) is 60.9 Å². The van der Waals surface area contributed by atoms with E-state index in [4.69, 9.17) is 4.74 Å². The number of methoxy groups -OCH3 is 1. The summed E-state index contributed by atoms with van der Waals surface area (Å²) in [4.78, 5) is 27.7. The van der Waals surface area contributed by atoms with E-state index in [-0.39, 0.29) is 24.6 Å². The molecule has 0 saturated heterocycles. The Bertz CT molecular complexity index is 1030. The summed E-state index contributed by atoms with van der Waals surface area (Å²) >= 11 is 0. The Morgan fingerprint density at radius 2 is 1.97 bits per heavy atom. The van der Waals surface area contributed by atoms with E-state index in [2.05, 4.69) is 15.6 Å². The third kappa shape index (κ3) is 4.75. The summed E-state index contributed by atoms with van der Waals surface area (Å²) in [5.41, 5.74) is 1.13. The molecule has 0 spiro atoms. The first-order chi connectivity index (χ1) is 14.5. The van der Waals surface area contributed by atoms with Crippen molar-refractivity contribution in [2.24, 2.45) is 7.05 Å². The van der Waals surface area contributed by atoms with Gasteiger partial charge in [0.15, 0.2) is 0 Å². The van der Waals surface area contributed by atoms with Crippen molar-refractivity contribution in [2.75, 3.05) is 19.0 Å². The topological polar surface area (TPSA) is 111 Å². The number of ether oxygens (including phenoxy) is 1. The Morgan fingerprint density at radius 3 is 2.67 bits per heavy atom. The fourth-order valence-corrected chi connectivity index (χ4v) is 3.17. The Kier molecular flexibility index (Phi) is 6.63. The van der Waals surface area contributed by atoms with E-state index in [0.29, 0.717) is 17.3 Å². The van der Waals surface area contributed by atoms with E-state index < -0.39 is 11.0 Å². The van der Waals surface area contributed by atoms with Crippen LogP contribution in [-0.2, 0) is 11.8 Å². The molecule has 0 fully saturated rings. The molecule has 9 heteroatoms. The standard InChI is InChI=1S/C21H23N5O4/c1-25-14-13-23-21(25)20(15-7-3-6-10-18(15)30-2)24-19(27)11-12-22-16-8-4-5-9-17(16)26(28)29/h3-10,13-14,20,22H,11-12H2,1-2H3,(H,24,27). The van der Waals surface area contributed by atoms with Gasteiger partial charge in [-0.2, -0.15) is 0 Å². The minimum Gasteiger partial charge on any atom is -0.496 e. The van der Waals surface area contributed by atoms with Crippen LogP contribution in [0, 0.1) is 10.1 Å². The summed E-state index contributed by atoms with van der Waals surface area (Å²) in [7, 11) is 3.43. The monoisotopic (exact) mass is 409 g/mol. The first kappa shape index (κ1) is 20.8. The van der Waals surface area contributed by atoms with E-state index in [0.717, 1.165) is 5.56 Å². The van der Waals surface area contributed by atoms with Crippen LogP contribution in [0.5, 0.6) is 5.75 Å². The maximum atomic E-state index is 12.7. The van der Waals surface area contributed by atoms with Gasteiger partial charge in [0, 0.05) is 44.0 Å². The van der Waals surface area contributed by atoms with Crippen molar-refractivity contribution in [2.45, 2.75) is 12.5 Å². The lowest BCUT2D eigenvalue weighted by molar-refractivity contribution is -0.384. The highest BCUT2D eigenvalue weighted by Crippen LogP contribution is 2.29. The quantitative estimate of drug-likeness (QED) is 0.415. The van der Waals surface area contributed by atoms with Gasteiger partial charge in [0.2, 0.25) is 5.91 Å². The van der Waals surface area contributed by atoms with E-state index in [1.54, 1.807) is 37.7 Å². The molecule has 1 amide bonds. The highest BCUT2D eigenvalue weighted by Gasteiger charge is 2.23. The Labute approximate surface area is 173 Å². The number of benzene rings is 2. The van der Waals surface area contributed by atoms with Gasteiger partial charge in [-0.3, -0.25) is 14.9 Å². The molecule has 0 bridgehead atoms. The molecular formula is C21H23N5O4. The van der Waals surface area contributed by atoms with Gasteiger partial charge in [0.1, 0.15) is 23.3 Å². The van der Waals surface area contributed by atoms with Crippen LogP contribution in [0.2, 0.25) is 0 Å². The molecule has 0 aliphatic heterocycles. The number of nitrogens with zero attached hydrogens (tertiary/aromatic N) is 3. The molecule has 156 valence electrons. The van der Waals surface area contributed by atoms with Gasteiger partial charge < -0.3 is 19.9 Å². The number of anilines is 1. The van der Waals surface area contributed by atoms with Crippen LogP contribution in [0.1, 0.15) is 23.9 Å². The minimum absolute atomic E-state index is 0.0298. The molecule has 0 radical (unpaired) electrons. The Morgan fingerprint density at radius 1 is 1.23 bits per heavy atom. The van der Waals surface area contributed by atoms with Crippen LogP contribution < -0.4 is 15.4 Å². The molecule has 2 N–H and O–H groups in total. The second-order valence-corrected chi connectivity index (χ2v) is 6.59. The van der Waals surface area contributed by atoms with Gasteiger partial charge in [-0.05, 0) is 12.1 Å². The van der Waals surface area contributed by atoms with Crippen LogP contribution in [0.25, 0.3) is 0 Å². The third-order valence-corrected chi connectivity index (χ3v) is 4.64. The van der Waals surface area contributed by atoms with E-state index in [9.17, 15) is 14.9 Å². The molecule has 1 atom stereocenters. The molecule has 0 aliphatic rings. The van der Waals surface area contributed by atoms with Gasteiger partial charge in [0.05, 0.1) is 12.0 Å². The van der Waals surface area contributed by atoms with Crippen molar-refractivity contribution in [3.8, 4) is 5.75 Å². The number of hydrogen-bond acceptors (Lipinski definition) is 6. The number of amides is 1. The molecule has 0 saturated carbocycles. The van der Waals surface area contributed by atoms with Crippen LogP contribution >= 0.6 is 0 Å². The average molecular weight is 409 g/mol. The zero-order chi connectivity index (χ0) is 21.5. The number of rotatable bonds is 9. The number of aromatic nitrogens is 2. The van der Waals surface area contributed by atoms with Crippen LogP contribution in [0.3, 0.4) is 0 Å². The second-order valence-electron chi connectivity index (χ2n) is 6.59. The number of carbonyl (C=O) groups is 1.